The Hall–Kier alpha value is -2.11. The molecule has 5 heteroatoms. The predicted octanol–water partition coefficient (Wildman–Crippen LogP) is 4.98. The number of hydrogen-bond acceptors (Lipinski definition) is 4. The summed E-state index contributed by atoms with van der Waals surface area (Å²) < 4.78 is 5.88. The fraction of sp³-hybridized carbons (Fsp3) is 0.286. The zero-order valence-corrected chi connectivity index (χ0v) is 16.5. The minimum Gasteiger partial charge on any atom is -0.483 e. The third-order valence-corrected chi connectivity index (χ3v) is 6.93. The standard InChI is InChI=1S/C21H21NO2S2/c1-14-5-3-6-17(15(14)2)24-13-20(23)22-10-8-18-16(9-12-26-18)21(22)19-7-4-11-25-19/h3-7,9,11-12,21H,8,10,13H2,1-2H3/t21-/m0/s1. The monoisotopic (exact) mass is 383 g/mol. The Morgan fingerprint density at radius 2 is 2.04 bits per heavy atom. The zero-order valence-electron chi connectivity index (χ0n) is 14.9. The first-order valence-corrected chi connectivity index (χ1v) is 10.5. The molecule has 1 aliphatic heterocycles. The predicted molar refractivity (Wildman–Crippen MR) is 107 cm³/mol. The second-order valence-electron chi connectivity index (χ2n) is 6.54. The summed E-state index contributed by atoms with van der Waals surface area (Å²) >= 11 is 3.50. The lowest BCUT2D eigenvalue weighted by molar-refractivity contribution is -0.135. The van der Waals surface area contributed by atoms with Crippen LogP contribution in [0.15, 0.2) is 47.2 Å². The van der Waals surface area contributed by atoms with Gasteiger partial charge in [-0.3, -0.25) is 4.79 Å². The minimum absolute atomic E-state index is 0.0136. The number of fused-ring (bicyclic) bond motifs is 1. The molecule has 0 N–H and O–H groups in total. The molecule has 1 amide bonds. The molecule has 0 saturated carbocycles. The van der Waals surface area contributed by atoms with Gasteiger partial charge >= 0.3 is 0 Å². The molecule has 2 aromatic heterocycles. The third-order valence-electron chi connectivity index (χ3n) is 5.01. The highest BCUT2D eigenvalue weighted by molar-refractivity contribution is 7.10. The van der Waals surface area contributed by atoms with Gasteiger partial charge in [0.05, 0.1) is 6.04 Å². The van der Waals surface area contributed by atoms with E-state index in [4.69, 9.17) is 4.74 Å². The largest absolute Gasteiger partial charge is 0.483 e. The Bertz CT molecular complexity index is 914. The van der Waals surface area contributed by atoms with E-state index >= 15 is 0 Å². The molecule has 4 rings (SSSR count). The maximum absolute atomic E-state index is 13.0. The summed E-state index contributed by atoms with van der Waals surface area (Å²) in [4.78, 5) is 17.6. The van der Waals surface area contributed by atoms with Gasteiger partial charge in [-0.2, -0.15) is 0 Å². The number of hydrogen-bond donors (Lipinski definition) is 0. The first kappa shape index (κ1) is 17.3. The Labute approximate surface area is 161 Å². The van der Waals surface area contributed by atoms with Crippen LogP contribution in [0.2, 0.25) is 0 Å². The van der Waals surface area contributed by atoms with Crippen molar-refractivity contribution in [1.82, 2.24) is 4.90 Å². The first-order chi connectivity index (χ1) is 12.6. The van der Waals surface area contributed by atoms with E-state index < -0.39 is 0 Å². The summed E-state index contributed by atoms with van der Waals surface area (Å²) in [5.41, 5.74) is 3.53. The number of benzene rings is 1. The van der Waals surface area contributed by atoms with Gasteiger partial charge in [0.15, 0.2) is 6.61 Å². The van der Waals surface area contributed by atoms with Crippen LogP contribution in [0.3, 0.4) is 0 Å². The summed E-state index contributed by atoms with van der Waals surface area (Å²) in [5, 5.41) is 4.21. The fourth-order valence-corrected chi connectivity index (χ4v) is 5.20. The topological polar surface area (TPSA) is 29.5 Å². The van der Waals surface area contributed by atoms with Crippen molar-refractivity contribution in [2.24, 2.45) is 0 Å². The first-order valence-electron chi connectivity index (χ1n) is 8.73. The van der Waals surface area contributed by atoms with Gasteiger partial charge < -0.3 is 9.64 Å². The molecule has 3 nitrogen and oxygen atoms in total. The van der Waals surface area contributed by atoms with E-state index in [0.29, 0.717) is 0 Å². The Morgan fingerprint density at radius 1 is 1.15 bits per heavy atom. The van der Waals surface area contributed by atoms with Gasteiger partial charge in [-0.05, 0) is 65.9 Å². The molecule has 0 fully saturated rings. The van der Waals surface area contributed by atoms with Gasteiger partial charge in [-0.25, -0.2) is 0 Å². The summed E-state index contributed by atoms with van der Waals surface area (Å²) in [6, 6.07) is 12.3. The summed E-state index contributed by atoms with van der Waals surface area (Å²) in [5.74, 6) is 0.834. The van der Waals surface area contributed by atoms with Gasteiger partial charge in [-0.1, -0.05) is 18.2 Å². The molecule has 1 aromatic carbocycles. The van der Waals surface area contributed by atoms with Gasteiger partial charge in [0, 0.05) is 16.3 Å². The minimum atomic E-state index is 0.0136. The SMILES string of the molecule is Cc1cccc(OCC(=O)N2CCc3sccc3[C@H]2c2cccs2)c1C. The van der Waals surface area contributed by atoms with Crippen molar-refractivity contribution in [2.75, 3.05) is 13.2 Å². The van der Waals surface area contributed by atoms with E-state index in [1.165, 1.54) is 20.9 Å². The highest BCUT2D eigenvalue weighted by Gasteiger charge is 2.33. The van der Waals surface area contributed by atoms with Crippen LogP contribution in [0.1, 0.15) is 32.5 Å². The lowest BCUT2D eigenvalue weighted by Crippen LogP contribution is -2.42. The van der Waals surface area contributed by atoms with Gasteiger partial charge in [0.1, 0.15) is 5.75 Å². The van der Waals surface area contributed by atoms with Gasteiger partial charge in [0.2, 0.25) is 0 Å². The van der Waals surface area contributed by atoms with E-state index in [9.17, 15) is 4.79 Å². The fourth-order valence-electron chi connectivity index (χ4n) is 3.44. The molecule has 0 saturated heterocycles. The van der Waals surface area contributed by atoms with Crippen LogP contribution in [0, 0.1) is 13.8 Å². The second-order valence-corrected chi connectivity index (χ2v) is 8.52. The van der Waals surface area contributed by atoms with Crippen LogP contribution in [-0.4, -0.2) is 24.0 Å². The van der Waals surface area contributed by atoms with Crippen molar-refractivity contribution >= 4 is 28.6 Å². The smallest absolute Gasteiger partial charge is 0.261 e. The normalized spacial score (nSPS) is 16.4. The van der Waals surface area contributed by atoms with Crippen molar-refractivity contribution in [2.45, 2.75) is 26.3 Å². The Kier molecular flexibility index (Phi) is 4.83. The molecular weight excluding hydrogens is 362 g/mol. The number of aryl methyl sites for hydroxylation is 1. The van der Waals surface area contributed by atoms with Crippen molar-refractivity contribution in [1.29, 1.82) is 0 Å². The summed E-state index contributed by atoms with van der Waals surface area (Å²) in [7, 11) is 0. The molecule has 1 atom stereocenters. The van der Waals surface area contributed by atoms with Crippen LogP contribution in [0.25, 0.3) is 0 Å². The molecule has 0 radical (unpaired) electrons. The van der Waals surface area contributed by atoms with E-state index in [0.717, 1.165) is 24.3 Å². The lowest BCUT2D eigenvalue weighted by Gasteiger charge is -2.35. The quantitative estimate of drug-likeness (QED) is 0.636. The molecule has 0 aliphatic carbocycles. The van der Waals surface area contributed by atoms with E-state index in [2.05, 4.69) is 41.9 Å². The van der Waals surface area contributed by atoms with Crippen molar-refractivity contribution in [3.05, 3.63) is 73.6 Å². The maximum atomic E-state index is 13.0. The number of amides is 1. The molecule has 0 spiro atoms. The van der Waals surface area contributed by atoms with Gasteiger partial charge in [-0.15, -0.1) is 22.7 Å². The van der Waals surface area contributed by atoms with Crippen molar-refractivity contribution in [3.8, 4) is 5.75 Å². The van der Waals surface area contributed by atoms with Crippen LogP contribution in [0.4, 0.5) is 0 Å². The molecule has 0 unspecified atom stereocenters. The number of carbonyl (C=O) groups is 1. The van der Waals surface area contributed by atoms with Crippen LogP contribution >= 0.6 is 22.7 Å². The van der Waals surface area contributed by atoms with E-state index in [1.807, 2.05) is 24.0 Å². The van der Waals surface area contributed by atoms with Crippen LogP contribution in [0.5, 0.6) is 5.75 Å². The average molecular weight is 384 g/mol. The number of thiophene rings is 2. The summed E-state index contributed by atoms with van der Waals surface area (Å²) in [6.07, 6.45) is 0.921. The average Bonchev–Trinajstić information content (AvgIpc) is 3.33. The molecule has 3 heterocycles. The molecule has 3 aromatic rings. The second kappa shape index (κ2) is 7.25. The number of rotatable bonds is 4. The van der Waals surface area contributed by atoms with Crippen LogP contribution < -0.4 is 4.74 Å². The molecule has 134 valence electrons. The number of carbonyl (C=O) groups excluding carboxylic acids is 1. The molecule has 26 heavy (non-hydrogen) atoms. The maximum Gasteiger partial charge on any atom is 0.261 e. The van der Waals surface area contributed by atoms with E-state index in [-0.39, 0.29) is 18.6 Å². The van der Waals surface area contributed by atoms with E-state index in [1.54, 1.807) is 22.7 Å². The van der Waals surface area contributed by atoms with Crippen LogP contribution in [-0.2, 0) is 11.2 Å². The lowest BCUT2D eigenvalue weighted by atomic mass is 9.98. The number of nitrogens with zero attached hydrogens (tertiary/aromatic N) is 1. The highest BCUT2D eigenvalue weighted by atomic mass is 32.1. The van der Waals surface area contributed by atoms with Gasteiger partial charge in [0.25, 0.3) is 5.91 Å². The summed E-state index contributed by atoms with van der Waals surface area (Å²) in [6.45, 7) is 4.90. The Morgan fingerprint density at radius 3 is 2.85 bits per heavy atom. The number of ether oxygens (including phenoxy) is 1. The molecule has 0 bridgehead atoms. The molecule has 1 aliphatic rings. The van der Waals surface area contributed by atoms with Crippen molar-refractivity contribution < 1.29 is 9.53 Å². The zero-order chi connectivity index (χ0) is 18.1. The highest BCUT2D eigenvalue weighted by Crippen LogP contribution is 2.39. The molecular formula is C21H21NO2S2. The third kappa shape index (κ3) is 3.17. The Balaban J connectivity index is 1.56. The van der Waals surface area contributed by atoms with Crippen molar-refractivity contribution in [3.63, 3.8) is 0 Å².